The van der Waals surface area contributed by atoms with Gasteiger partial charge in [0.25, 0.3) is 5.91 Å². The van der Waals surface area contributed by atoms with Crippen LogP contribution in [0.1, 0.15) is 33.2 Å². The number of ether oxygens (including phenoxy) is 2. The zero-order valence-electron chi connectivity index (χ0n) is 18.8. The summed E-state index contributed by atoms with van der Waals surface area (Å²) in [5.74, 6) is -3.11. The molecule has 2 N–H and O–H groups in total. The number of anilines is 2. The van der Waals surface area contributed by atoms with Crippen LogP contribution < -0.4 is 15.4 Å². The van der Waals surface area contributed by atoms with Gasteiger partial charge < -0.3 is 20.1 Å². The van der Waals surface area contributed by atoms with Crippen molar-refractivity contribution in [1.29, 1.82) is 0 Å². The molecule has 10 heteroatoms. The van der Waals surface area contributed by atoms with E-state index in [1.54, 1.807) is 6.92 Å². The second-order valence-corrected chi connectivity index (χ2v) is 7.56. The molecule has 0 radical (unpaired) electrons. The zero-order chi connectivity index (χ0) is 25.5. The first-order chi connectivity index (χ1) is 16.7. The Balaban J connectivity index is 1.85. The van der Waals surface area contributed by atoms with Crippen LogP contribution in [-0.2, 0) is 9.53 Å². The number of benzene rings is 3. The van der Waals surface area contributed by atoms with Gasteiger partial charge in [0.15, 0.2) is 5.78 Å². The molecule has 0 spiro atoms. The number of halogens is 3. The predicted molar refractivity (Wildman–Crippen MR) is 126 cm³/mol. The lowest BCUT2D eigenvalue weighted by Crippen LogP contribution is -2.30. The van der Waals surface area contributed by atoms with Crippen molar-refractivity contribution in [1.82, 2.24) is 5.32 Å². The highest BCUT2D eigenvalue weighted by atomic mass is 35.5. The number of carbonyl (C=O) groups is 3. The van der Waals surface area contributed by atoms with Crippen LogP contribution in [0.25, 0.3) is 0 Å². The van der Waals surface area contributed by atoms with E-state index < -0.39 is 29.3 Å². The van der Waals surface area contributed by atoms with Crippen molar-refractivity contribution in [2.45, 2.75) is 6.92 Å². The van der Waals surface area contributed by atoms with E-state index >= 15 is 0 Å². The molecule has 0 heterocycles. The minimum Gasteiger partial charge on any atom is -0.496 e. The molecule has 1 amide bonds. The number of para-hydroxylation sites is 1. The number of methoxy groups -OCH3 is 1. The number of hydrogen-bond donors (Lipinski definition) is 2. The lowest BCUT2D eigenvalue weighted by atomic mass is 9.99. The molecule has 3 aromatic carbocycles. The van der Waals surface area contributed by atoms with Crippen LogP contribution in [0.15, 0.2) is 54.6 Å². The Hall–Kier alpha value is -3.98. The molecule has 0 bridgehead atoms. The summed E-state index contributed by atoms with van der Waals surface area (Å²) in [6, 6.07) is 11.8. The Morgan fingerprint density at radius 1 is 0.971 bits per heavy atom. The summed E-state index contributed by atoms with van der Waals surface area (Å²) in [6.45, 7) is 1.50. The Kier molecular flexibility index (Phi) is 8.38. The summed E-state index contributed by atoms with van der Waals surface area (Å²) in [6.07, 6.45) is 0. The van der Waals surface area contributed by atoms with Crippen LogP contribution in [0.5, 0.6) is 5.75 Å². The van der Waals surface area contributed by atoms with Gasteiger partial charge in [0.05, 0.1) is 24.3 Å². The summed E-state index contributed by atoms with van der Waals surface area (Å²) in [7, 11) is 1.37. The predicted octanol–water partition coefficient (Wildman–Crippen LogP) is 4.89. The molecule has 0 aliphatic heterocycles. The van der Waals surface area contributed by atoms with E-state index in [1.165, 1.54) is 49.6 Å². The third kappa shape index (κ3) is 6.13. The fourth-order valence-corrected chi connectivity index (χ4v) is 3.44. The molecule has 182 valence electrons. The molecule has 0 aliphatic rings. The summed E-state index contributed by atoms with van der Waals surface area (Å²) in [5.41, 5.74) is 0.149. The van der Waals surface area contributed by atoms with Crippen molar-refractivity contribution < 1.29 is 32.6 Å². The Labute approximate surface area is 205 Å². The molecule has 0 aliphatic carbocycles. The second-order valence-electron chi connectivity index (χ2n) is 7.15. The third-order valence-corrected chi connectivity index (χ3v) is 5.16. The van der Waals surface area contributed by atoms with E-state index in [9.17, 15) is 23.2 Å². The minimum absolute atomic E-state index is 0.0102. The van der Waals surface area contributed by atoms with Gasteiger partial charge in [-0.15, -0.1) is 0 Å². The first kappa shape index (κ1) is 25.6. The molecular formula is C25H21ClF2N2O5. The van der Waals surface area contributed by atoms with Gasteiger partial charge in [-0.25, -0.2) is 8.78 Å². The van der Waals surface area contributed by atoms with Crippen molar-refractivity contribution in [3.8, 4) is 5.75 Å². The maximum absolute atomic E-state index is 13.9. The Morgan fingerprint density at radius 3 is 2.31 bits per heavy atom. The number of carbonyl (C=O) groups excluding carboxylic acids is 3. The van der Waals surface area contributed by atoms with Crippen LogP contribution >= 0.6 is 11.6 Å². The number of rotatable bonds is 9. The lowest BCUT2D eigenvalue weighted by molar-refractivity contribution is -0.141. The standard InChI is InChI=1S/C25H21ClF2N2O5/c1-3-35-22(31)13-29-25(33)14-7-10-21(34-2)17(11-14)24(32)16-9-8-15(12-18(16)26)30-23-19(27)5-4-6-20(23)28/h4-12,30H,3,13H2,1-2H3,(H,29,33). The average molecular weight is 503 g/mol. The highest BCUT2D eigenvalue weighted by Gasteiger charge is 2.21. The number of ketones is 1. The SMILES string of the molecule is CCOC(=O)CNC(=O)c1ccc(OC)c(C(=O)c2ccc(Nc3c(F)cccc3F)cc2Cl)c1. The number of hydrogen-bond acceptors (Lipinski definition) is 6. The van der Waals surface area contributed by atoms with Gasteiger partial charge in [-0.1, -0.05) is 17.7 Å². The van der Waals surface area contributed by atoms with E-state index in [-0.39, 0.29) is 52.0 Å². The second kappa shape index (κ2) is 11.4. The molecule has 35 heavy (non-hydrogen) atoms. The summed E-state index contributed by atoms with van der Waals surface area (Å²) in [4.78, 5) is 37.2. The fraction of sp³-hybridized carbons (Fsp3) is 0.160. The summed E-state index contributed by atoms with van der Waals surface area (Å²) in [5, 5.41) is 5.03. The Morgan fingerprint density at radius 2 is 1.69 bits per heavy atom. The van der Waals surface area contributed by atoms with Gasteiger partial charge in [0.2, 0.25) is 0 Å². The van der Waals surface area contributed by atoms with Gasteiger partial charge in [0.1, 0.15) is 29.6 Å². The highest BCUT2D eigenvalue weighted by molar-refractivity contribution is 6.35. The fourth-order valence-electron chi connectivity index (χ4n) is 3.18. The largest absolute Gasteiger partial charge is 0.496 e. The molecule has 0 saturated carbocycles. The lowest BCUT2D eigenvalue weighted by Gasteiger charge is -2.13. The topological polar surface area (TPSA) is 93.7 Å². The molecule has 3 rings (SSSR count). The number of nitrogens with one attached hydrogen (secondary N) is 2. The van der Waals surface area contributed by atoms with Gasteiger partial charge in [-0.05, 0) is 55.5 Å². The van der Waals surface area contributed by atoms with Crippen LogP contribution in [0, 0.1) is 11.6 Å². The van der Waals surface area contributed by atoms with Crippen molar-refractivity contribution in [3.05, 3.63) is 87.9 Å². The smallest absolute Gasteiger partial charge is 0.325 e. The quantitative estimate of drug-likeness (QED) is 0.319. The van der Waals surface area contributed by atoms with Crippen LogP contribution in [-0.4, -0.2) is 37.9 Å². The monoisotopic (exact) mass is 502 g/mol. The van der Waals surface area contributed by atoms with E-state index in [0.29, 0.717) is 0 Å². The van der Waals surface area contributed by atoms with E-state index in [2.05, 4.69) is 10.6 Å². The molecule has 3 aromatic rings. The van der Waals surface area contributed by atoms with Crippen molar-refractivity contribution in [3.63, 3.8) is 0 Å². The van der Waals surface area contributed by atoms with E-state index in [0.717, 1.165) is 12.1 Å². The van der Waals surface area contributed by atoms with Crippen molar-refractivity contribution in [2.75, 3.05) is 25.6 Å². The maximum Gasteiger partial charge on any atom is 0.325 e. The molecule has 7 nitrogen and oxygen atoms in total. The molecule has 0 saturated heterocycles. The summed E-state index contributed by atoms with van der Waals surface area (Å²) < 4.78 is 37.9. The minimum atomic E-state index is -0.788. The molecular weight excluding hydrogens is 482 g/mol. The van der Waals surface area contributed by atoms with Crippen molar-refractivity contribution >= 4 is 40.6 Å². The number of esters is 1. The molecule has 0 fully saturated rings. The first-order valence-electron chi connectivity index (χ1n) is 10.4. The molecule has 0 unspecified atom stereocenters. The van der Waals surface area contributed by atoms with Gasteiger partial charge in [0, 0.05) is 16.8 Å². The Bertz CT molecular complexity index is 1260. The van der Waals surface area contributed by atoms with Crippen molar-refractivity contribution in [2.24, 2.45) is 0 Å². The van der Waals surface area contributed by atoms with Crippen LogP contribution in [0.3, 0.4) is 0 Å². The van der Waals surface area contributed by atoms with E-state index in [4.69, 9.17) is 21.1 Å². The maximum atomic E-state index is 13.9. The van der Waals surface area contributed by atoms with Gasteiger partial charge >= 0.3 is 5.97 Å². The van der Waals surface area contributed by atoms with Crippen LogP contribution in [0.2, 0.25) is 5.02 Å². The normalized spacial score (nSPS) is 10.4. The van der Waals surface area contributed by atoms with Gasteiger partial charge in [-0.2, -0.15) is 0 Å². The van der Waals surface area contributed by atoms with Crippen LogP contribution in [0.4, 0.5) is 20.2 Å². The molecule has 0 atom stereocenters. The third-order valence-electron chi connectivity index (χ3n) is 4.85. The average Bonchev–Trinajstić information content (AvgIpc) is 2.84. The highest BCUT2D eigenvalue weighted by Crippen LogP contribution is 2.30. The molecule has 0 aromatic heterocycles. The zero-order valence-corrected chi connectivity index (χ0v) is 19.5. The number of amides is 1. The van der Waals surface area contributed by atoms with Gasteiger partial charge in [-0.3, -0.25) is 14.4 Å². The first-order valence-corrected chi connectivity index (χ1v) is 10.8. The summed E-state index contributed by atoms with van der Waals surface area (Å²) >= 11 is 6.31. The van der Waals surface area contributed by atoms with E-state index in [1.807, 2.05) is 0 Å².